The standard InChI is InChI=1S/C21H29BrO7/c1-6-23-14-9-12(7-8-13(14)22)10-24-17-16(15-11-25-20(2,3)27-15)26-19-18(17)28-21(4,5)29-19/h7-9,15-19H,6,10-11H2,1-5H3/t15-,16-,17+,18-,19-/m1/s1. The SMILES string of the molecule is CCOc1cc(CO[C@@H]2[C@H]3OC(C)(C)O[C@H]3O[C@@H]2[C@H]2COC(C)(C)O2)ccc1Br. The molecule has 8 heteroatoms. The van der Waals surface area contributed by atoms with E-state index >= 15 is 0 Å². The van der Waals surface area contributed by atoms with Crippen LogP contribution in [0.2, 0.25) is 0 Å². The van der Waals surface area contributed by atoms with E-state index < -0.39 is 17.9 Å². The first-order chi connectivity index (χ1) is 13.7. The average Bonchev–Trinajstić information content (AvgIpc) is 3.25. The van der Waals surface area contributed by atoms with Gasteiger partial charge in [0.15, 0.2) is 17.9 Å². The maximum Gasteiger partial charge on any atom is 0.190 e. The van der Waals surface area contributed by atoms with Crippen molar-refractivity contribution >= 4 is 15.9 Å². The Labute approximate surface area is 180 Å². The Bertz CT molecular complexity index is 738. The lowest BCUT2D eigenvalue weighted by atomic mass is 10.1. The number of benzene rings is 1. The van der Waals surface area contributed by atoms with Crippen molar-refractivity contribution in [2.75, 3.05) is 13.2 Å². The fourth-order valence-corrected chi connectivity index (χ4v) is 4.33. The van der Waals surface area contributed by atoms with Crippen molar-refractivity contribution in [2.24, 2.45) is 0 Å². The van der Waals surface area contributed by atoms with Crippen LogP contribution in [0.1, 0.15) is 40.2 Å². The number of halogens is 1. The summed E-state index contributed by atoms with van der Waals surface area (Å²) in [5.41, 5.74) is 1.00. The summed E-state index contributed by atoms with van der Waals surface area (Å²) < 4.78 is 42.9. The second kappa shape index (κ2) is 8.07. The largest absolute Gasteiger partial charge is 0.493 e. The maximum absolute atomic E-state index is 6.33. The molecule has 0 aliphatic carbocycles. The van der Waals surface area contributed by atoms with Crippen LogP contribution in [-0.2, 0) is 35.0 Å². The predicted octanol–water partition coefficient (Wildman–Crippen LogP) is 3.76. The summed E-state index contributed by atoms with van der Waals surface area (Å²) in [7, 11) is 0. The van der Waals surface area contributed by atoms with E-state index in [1.807, 2.05) is 52.8 Å². The van der Waals surface area contributed by atoms with Crippen LogP contribution in [0.15, 0.2) is 22.7 Å². The van der Waals surface area contributed by atoms with Gasteiger partial charge in [-0.2, -0.15) is 0 Å². The van der Waals surface area contributed by atoms with E-state index in [2.05, 4.69) is 15.9 Å². The summed E-state index contributed by atoms with van der Waals surface area (Å²) in [5, 5.41) is 0. The first-order valence-corrected chi connectivity index (χ1v) is 10.8. The molecule has 7 nitrogen and oxygen atoms in total. The number of rotatable bonds is 6. The van der Waals surface area contributed by atoms with Crippen molar-refractivity contribution in [3.63, 3.8) is 0 Å². The van der Waals surface area contributed by atoms with Crippen molar-refractivity contribution < 1.29 is 33.2 Å². The van der Waals surface area contributed by atoms with Crippen LogP contribution in [0.25, 0.3) is 0 Å². The summed E-state index contributed by atoms with van der Waals surface area (Å²) in [4.78, 5) is 0. The fourth-order valence-electron chi connectivity index (χ4n) is 3.97. The maximum atomic E-state index is 6.33. The average molecular weight is 473 g/mol. The highest BCUT2D eigenvalue weighted by Crippen LogP contribution is 2.42. The van der Waals surface area contributed by atoms with Crippen LogP contribution < -0.4 is 4.74 Å². The number of hydrogen-bond donors (Lipinski definition) is 0. The lowest BCUT2D eigenvalue weighted by Gasteiger charge is -2.29. The Hall–Kier alpha value is -0.740. The van der Waals surface area contributed by atoms with Crippen LogP contribution in [0.4, 0.5) is 0 Å². The van der Waals surface area contributed by atoms with Gasteiger partial charge >= 0.3 is 0 Å². The first kappa shape index (κ1) is 21.5. The van der Waals surface area contributed by atoms with Gasteiger partial charge in [-0.1, -0.05) is 6.07 Å². The Morgan fingerprint density at radius 1 is 1.07 bits per heavy atom. The van der Waals surface area contributed by atoms with Crippen molar-refractivity contribution in [3.05, 3.63) is 28.2 Å². The van der Waals surface area contributed by atoms with E-state index in [4.69, 9.17) is 33.2 Å². The third kappa shape index (κ3) is 4.63. The molecule has 0 unspecified atom stereocenters. The second-order valence-electron chi connectivity index (χ2n) is 8.41. The van der Waals surface area contributed by atoms with Gasteiger partial charge in [0, 0.05) is 0 Å². The van der Waals surface area contributed by atoms with Gasteiger partial charge in [-0.25, -0.2) is 0 Å². The van der Waals surface area contributed by atoms with Gasteiger partial charge in [-0.3, -0.25) is 0 Å². The number of hydrogen-bond acceptors (Lipinski definition) is 7. The zero-order chi connectivity index (χ0) is 20.8. The molecule has 29 heavy (non-hydrogen) atoms. The van der Waals surface area contributed by atoms with Gasteiger partial charge in [0.05, 0.1) is 24.3 Å². The molecule has 0 amide bonds. The molecule has 0 N–H and O–H groups in total. The normalized spacial score (nSPS) is 35.0. The molecule has 0 saturated carbocycles. The van der Waals surface area contributed by atoms with E-state index in [-0.39, 0.29) is 24.4 Å². The summed E-state index contributed by atoms with van der Waals surface area (Å²) in [6, 6.07) is 5.94. The smallest absolute Gasteiger partial charge is 0.190 e. The van der Waals surface area contributed by atoms with E-state index in [1.165, 1.54) is 0 Å². The molecular weight excluding hydrogens is 444 g/mol. The van der Waals surface area contributed by atoms with E-state index in [0.29, 0.717) is 19.8 Å². The highest BCUT2D eigenvalue weighted by molar-refractivity contribution is 9.10. The van der Waals surface area contributed by atoms with Crippen LogP contribution in [0, 0.1) is 0 Å². The molecule has 0 bridgehead atoms. The van der Waals surface area contributed by atoms with E-state index in [0.717, 1.165) is 15.8 Å². The van der Waals surface area contributed by atoms with Gasteiger partial charge in [-0.15, -0.1) is 0 Å². The van der Waals surface area contributed by atoms with Gasteiger partial charge in [0.2, 0.25) is 0 Å². The van der Waals surface area contributed by atoms with Crippen LogP contribution in [0.3, 0.4) is 0 Å². The van der Waals surface area contributed by atoms with Gasteiger partial charge in [0.1, 0.15) is 30.2 Å². The molecule has 4 rings (SSSR count). The van der Waals surface area contributed by atoms with Crippen molar-refractivity contribution in [1.29, 1.82) is 0 Å². The predicted molar refractivity (Wildman–Crippen MR) is 107 cm³/mol. The van der Waals surface area contributed by atoms with Gasteiger partial charge < -0.3 is 33.2 Å². The lowest BCUT2D eigenvalue weighted by Crippen LogP contribution is -2.44. The second-order valence-corrected chi connectivity index (χ2v) is 9.26. The molecule has 3 fully saturated rings. The monoisotopic (exact) mass is 472 g/mol. The minimum Gasteiger partial charge on any atom is -0.493 e. The highest BCUT2D eigenvalue weighted by atomic mass is 79.9. The van der Waals surface area contributed by atoms with E-state index in [9.17, 15) is 0 Å². The number of ether oxygens (including phenoxy) is 7. The summed E-state index contributed by atoms with van der Waals surface area (Å²) in [5.74, 6) is -0.565. The van der Waals surface area contributed by atoms with Crippen LogP contribution in [0.5, 0.6) is 5.75 Å². The molecule has 0 radical (unpaired) electrons. The lowest BCUT2D eigenvalue weighted by molar-refractivity contribution is -0.236. The van der Waals surface area contributed by atoms with Crippen molar-refractivity contribution in [3.8, 4) is 5.75 Å². The Balaban J connectivity index is 1.49. The molecule has 3 saturated heterocycles. The molecule has 3 heterocycles. The zero-order valence-corrected chi connectivity index (χ0v) is 19.1. The molecule has 0 aromatic heterocycles. The molecule has 1 aromatic carbocycles. The molecule has 162 valence electrons. The Morgan fingerprint density at radius 2 is 1.86 bits per heavy atom. The van der Waals surface area contributed by atoms with Crippen LogP contribution in [-0.4, -0.2) is 55.5 Å². The molecule has 0 spiro atoms. The quantitative estimate of drug-likeness (QED) is 0.624. The molecule has 3 aliphatic heterocycles. The molecular formula is C21H29BrO7. The Morgan fingerprint density at radius 3 is 2.55 bits per heavy atom. The highest BCUT2D eigenvalue weighted by Gasteiger charge is 2.58. The minimum atomic E-state index is -0.714. The first-order valence-electron chi connectivity index (χ1n) is 10.0. The van der Waals surface area contributed by atoms with Gasteiger partial charge in [0.25, 0.3) is 0 Å². The van der Waals surface area contributed by atoms with Crippen molar-refractivity contribution in [1.82, 2.24) is 0 Å². The third-order valence-electron chi connectivity index (χ3n) is 5.16. The molecule has 5 atom stereocenters. The number of fused-ring (bicyclic) bond motifs is 1. The van der Waals surface area contributed by atoms with E-state index in [1.54, 1.807) is 0 Å². The third-order valence-corrected chi connectivity index (χ3v) is 5.82. The summed E-state index contributed by atoms with van der Waals surface area (Å²) >= 11 is 3.51. The van der Waals surface area contributed by atoms with Crippen LogP contribution >= 0.6 is 15.9 Å². The topological polar surface area (TPSA) is 64.6 Å². The Kier molecular flexibility index (Phi) is 5.98. The van der Waals surface area contributed by atoms with Crippen molar-refractivity contribution in [2.45, 2.75) is 83.5 Å². The fraction of sp³-hybridized carbons (Fsp3) is 0.714. The van der Waals surface area contributed by atoms with Gasteiger partial charge in [-0.05, 0) is 68.2 Å². The summed E-state index contributed by atoms with van der Waals surface area (Å²) in [6.45, 7) is 10.9. The molecule has 3 aliphatic rings. The summed E-state index contributed by atoms with van der Waals surface area (Å²) in [6.07, 6.45) is -1.76. The minimum absolute atomic E-state index is 0.250. The molecule has 1 aromatic rings. The zero-order valence-electron chi connectivity index (χ0n) is 17.5.